The molecule has 1 saturated heterocycles. The number of hydrogen-bond acceptors (Lipinski definition) is 11. The quantitative estimate of drug-likeness (QED) is 0.253. The van der Waals surface area contributed by atoms with Gasteiger partial charge in [-0.1, -0.05) is 0 Å². The standard InChI is InChI=1S/C21H18O12/c22-9-2-1-7(3-10(9)23)13-6-12(25)15-11(24)4-8(5-14(15)32-13)31-21-18(28)16(26)17(27)19(33-21)20(29)30/h1-6,16-19,21-24,26-28H,(H,29,30)/t16-,17-,18+,19-,21+/m0/s1. The van der Waals surface area contributed by atoms with Gasteiger partial charge in [0.2, 0.25) is 6.29 Å². The Balaban J connectivity index is 1.72. The Morgan fingerprint density at radius 3 is 2.27 bits per heavy atom. The van der Waals surface area contributed by atoms with Crippen molar-refractivity contribution in [1.29, 1.82) is 0 Å². The van der Waals surface area contributed by atoms with E-state index in [4.69, 9.17) is 19.0 Å². The van der Waals surface area contributed by atoms with Gasteiger partial charge in [0.15, 0.2) is 23.0 Å². The van der Waals surface area contributed by atoms with Crippen molar-refractivity contribution in [3.8, 4) is 34.3 Å². The Morgan fingerprint density at radius 1 is 0.879 bits per heavy atom. The lowest BCUT2D eigenvalue weighted by atomic mass is 9.99. The summed E-state index contributed by atoms with van der Waals surface area (Å²) in [5, 5.41) is 68.2. The number of aliphatic carboxylic acids is 1. The summed E-state index contributed by atoms with van der Waals surface area (Å²) in [5.41, 5.74) is -0.565. The van der Waals surface area contributed by atoms with Gasteiger partial charge in [-0.05, 0) is 18.2 Å². The Labute approximate surface area is 183 Å². The van der Waals surface area contributed by atoms with Crippen molar-refractivity contribution in [3.05, 3.63) is 46.6 Å². The Hall–Kier alpha value is -3.84. The molecule has 4 rings (SSSR count). The molecule has 1 aromatic heterocycles. The number of carboxylic acids is 1. The third-order valence-corrected chi connectivity index (χ3v) is 5.11. The van der Waals surface area contributed by atoms with Crippen LogP contribution >= 0.6 is 0 Å². The Bertz CT molecular complexity index is 1280. The summed E-state index contributed by atoms with van der Waals surface area (Å²) < 4.78 is 16.0. The van der Waals surface area contributed by atoms with E-state index in [9.17, 15) is 40.2 Å². The summed E-state index contributed by atoms with van der Waals surface area (Å²) in [7, 11) is 0. The first kappa shape index (κ1) is 22.4. The van der Waals surface area contributed by atoms with Crippen molar-refractivity contribution in [2.45, 2.75) is 30.7 Å². The number of benzene rings is 2. The van der Waals surface area contributed by atoms with Crippen LogP contribution in [-0.4, -0.2) is 72.4 Å². The fraction of sp³-hybridized carbons (Fsp3) is 0.238. The molecule has 0 radical (unpaired) electrons. The van der Waals surface area contributed by atoms with Gasteiger partial charge in [-0.2, -0.15) is 0 Å². The van der Waals surface area contributed by atoms with Crippen LogP contribution in [0.2, 0.25) is 0 Å². The van der Waals surface area contributed by atoms with Gasteiger partial charge in [-0.25, -0.2) is 4.79 Å². The van der Waals surface area contributed by atoms with Crippen molar-refractivity contribution >= 4 is 16.9 Å². The molecule has 5 atom stereocenters. The van der Waals surface area contributed by atoms with Gasteiger partial charge in [-0.15, -0.1) is 0 Å². The normalized spacial score (nSPS) is 25.1. The smallest absolute Gasteiger partial charge is 0.335 e. The maximum Gasteiger partial charge on any atom is 0.335 e. The second-order valence-corrected chi connectivity index (χ2v) is 7.35. The van der Waals surface area contributed by atoms with Gasteiger partial charge < -0.3 is 49.6 Å². The first-order chi connectivity index (χ1) is 15.6. The fourth-order valence-corrected chi connectivity index (χ4v) is 3.41. The molecule has 0 unspecified atom stereocenters. The van der Waals surface area contributed by atoms with E-state index in [2.05, 4.69) is 0 Å². The third kappa shape index (κ3) is 4.03. The summed E-state index contributed by atoms with van der Waals surface area (Å²) in [6.07, 6.45) is -9.29. The number of phenols is 3. The molecule has 7 N–H and O–H groups in total. The molecule has 2 heterocycles. The molecular formula is C21H18O12. The van der Waals surface area contributed by atoms with Crippen LogP contribution in [0.4, 0.5) is 0 Å². The van der Waals surface area contributed by atoms with E-state index in [0.717, 1.165) is 24.3 Å². The monoisotopic (exact) mass is 462 g/mol. The molecule has 0 amide bonds. The molecule has 12 heteroatoms. The zero-order valence-electron chi connectivity index (χ0n) is 16.5. The third-order valence-electron chi connectivity index (χ3n) is 5.11. The predicted molar refractivity (Wildman–Crippen MR) is 108 cm³/mol. The largest absolute Gasteiger partial charge is 0.507 e. The van der Waals surface area contributed by atoms with Crippen LogP contribution in [0.3, 0.4) is 0 Å². The number of carboxylic acid groups (broad SMARTS) is 1. The van der Waals surface area contributed by atoms with Crippen molar-refractivity contribution in [1.82, 2.24) is 0 Å². The maximum absolute atomic E-state index is 12.5. The van der Waals surface area contributed by atoms with E-state index in [1.807, 2.05) is 0 Å². The molecule has 1 fully saturated rings. The van der Waals surface area contributed by atoms with Gasteiger partial charge >= 0.3 is 5.97 Å². The average molecular weight is 462 g/mol. The maximum atomic E-state index is 12.5. The molecule has 12 nitrogen and oxygen atoms in total. The summed E-state index contributed by atoms with van der Waals surface area (Å²) in [4.78, 5) is 23.8. The zero-order chi connectivity index (χ0) is 24.0. The molecule has 0 spiro atoms. The van der Waals surface area contributed by atoms with E-state index in [0.29, 0.717) is 0 Å². The highest BCUT2D eigenvalue weighted by Gasteiger charge is 2.48. The van der Waals surface area contributed by atoms with Gasteiger partial charge in [0, 0.05) is 23.8 Å². The number of phenolic OH excluding ortho intramolecular Hbond substituents is 3. The number of fused-ring (bicyclic) bond motifs is 1. The molecule has 0 bridgehead atoms. The number of carbonyl (C=O) groups is 1. The van der Waals surface area contributed by atoms with E-state index in [1.54, 1.807) is 0 Å². The van der Waals surface area contributed by atoms with Crippen molar-refractivity contribution in [3.63, 3.8) is 0 Å². The number of aliphatic hydroxyl groups excluding tert-OH is 3. The van der Waals surface area contributed by atoms with Gasteiger partial charge in [0.25, 0.3) is 0 Å². The lowest BCUT2D eigenvalue weighted by Crippen LogP contribution is -2.61. The first-order valence-electron chi connectivity index (χ1n) is 9.49. The predicted octanol–water partition coefficient (Wildman–Crippen LogP) is -0.152. The zero-order valence-corrected chi connectivity index (χ0v) is 16.5. The molecule has 2 aromatic carbocycles. The number of hydrogen-bond donors (Lipinski definition) is 7. The van der Waals surface area contributed by atoms with E-state index in [-0.39, 0.29) is 33.8 Å². The van der Waals surface area contributed by atoms with Gasteiger partial charge in [0.05, 0.1) is 0 Å². The summed E-state index contributed by atoms with van der Waals surface area (Å²) in [6.45, 7) is 0. The van der Waals surface area contributed by atoms with E-state index in [1.165, 1.54) is 12.1 Å². The minimum Gasteiger partial charge on any atom is -0.507 e. The lowest BCUT2D eigenvalue weighted by molar-refractivity contribution is -0.271. The SMILES string of the molecule is O=C(O)[C@H]1O[C@@H](Oc2cc(O)c3c(=O)cc(-c4ccc(O)c(O)c4)oc3c2)[C@H](O)[C@@H](O)[C@@H]1O. The van der Waals surface area contributed by atoms with Gasteiger partial charge in [0.1, 0.15) is 46.5 Å². The van der Waals surface area contributed by atoms with Crippen LogP contribution in [0.25, 0.3) is 22.3 Å². The minimum atomic E-state index is -1.91. The second-order valence-electron chi connectivity index (χ2n) is 7.35. The highest BCUT2D eigenvalue weighted by molar-refractivity contribution is 5.86. The molecule has 3 aromatic rings. The van der Waals surface area contributed by atoms with Crippen LogP contribution in [0, 0.1) is 0 Å². The van der Waals surface area contributed by atoms with E-state index < -0.39 is 53.6 Å². The molecule has 1 aliphatic rings. The van der Waals surface area contributed by atoms with Crippen LogP contribution in [0.15, 0.2) is 45.6 Å². The van der Waals surface area contributed by atoms with Crippen molar-refractivity contribution < 1.29 is 54.4 Å². The molecule has 1 aliphatic heterocycles. The van der Waals surface area contributed by atoms with E-state index >= 15 is 0 Å². The van der Waals surface area contributed by atoms with Crippen molar-refractivity contribution in [2.24, 2.45) is 0 Å². The van der Waals surface area contributed by atoms with Crippen LogP contribution < -0.4 is 10.2 Å². The average Bonchev–Trinajstić information content (AvgIpc) is 2.75. The number of aromatic hydroxyl groups is 3. The lowest BCUT2D eigenvalue weighted by Gasteiger charge is -2.38. The van der Waals surface area contributed by atoms with Crippen LogP contribution in [0.5, 0.6) is 23.0 Å². The van der Waals surface area contributed by atoms with Crippen molar-refractivity contribution in [2.75, 3.05) is 0 Å². The van der Waals surface area contributed by atoms with Gasteiger partial charge in [-0.3, -0.25) is 4.79 Å². The van der Waals surface area contributed by atoms with Crippen LogP contribution in [0.1, 0.15) is 0 Å². The number of aliphatic hydroxyl groups is 3. The molecule has 33 heavy (non-hydrogen) atoms. The number of rotatable bonds is 4. The topological polar surface area (TPSA) is 207 Å². The first-order valence-corrected chi connectivity index (χ1v) is 9.49. The molecule has 0 saturated carbocycles. The molecule has 0 aliphatic carbocycles. The Morgan fingerprint density at radius 2 is 1.61 bits per heavy atom. The molecular weight excluding hydrogens is 444 g/mol. The summed E-state index contributed by atoms with van der Waals surface area (Å²) in [5.74, 6) is -3.22. The summed E-state index contributed by atoms with van der Waals surface area (Å²) >= 11 is 0. The second kappa shape index (κ2) is 8.26. The Kier molecular flexibility index (Phi) is 5.59. The highest BCUT2D eigenvalue weighted by atomic mass is 16.7. The highest BCUT2D eigenvalue weighted by Crippen LogP contribution is 2.35. The van der Waals surface area contributed by atoms with Crippen LogP contribution in [-0.2, 0) is 9.53 Å². The summed E-state index contributed by atoms with van der Waals surface area (Å²) in [6, 6.07) is 6.94. The number of ether oxygens (including phenoxy) is 2. The minimum absolute atomic E-state index is 0.0159. The fourth-order valence-electron chi connectivity index (χ4n) is 3.41. The molecule has 174 valence electrons.